The average Bonchev–Trinajstić information content (AvgIpc) is 2.77. The van der Waals surface area contributed by atoms with E-state index in [0.29, 0.717) is 15.9 Å². The molecule has 1 aliphatic heterocycles. The minimum absolute atomic E-state index is 0.0559. The highest BCUT2D eigenvalue weighted by molar-refractivity contribution is 9.10. The van der Waals surface area contributed by atoms with Crippen LogP contribution in [0.25, 0.3) is 6.08 Å². The van der Waals surface area contributed by atoms with Crippen LogP contribution in [0.15, 0.2) is 63.0 Å². The Bertz CT molecular complexity index is 774. The Balaban J connectivity index is 1.90. The number of rotatable bonds is 2. The molecule has 110 valence electrons. The van der Waals surface area contributed by atoms with Gasteiger partial charge in [-0.15, -0.1) is 0 Å². The lowest BCUT2D eigenvalue weighted by Crippen LogP contribution is -2.23. The number of carbonyl (C=O) groups excluding carboxylic acids is 1. The molecule has 4 nitrogen and oxygen atoms in total. The normalized spacial score (nSPS) is 18.5. The van der Waals surface area contributed by atoms with Gasteiger partial charge in [-0.1, -0.05) is 34.1 Å². The molecular weight excluding hydrogens is 362 g/mol. The van der Waals surface area contributed by atoms with Crippen LogP contribution in [0.3, 0.4) is 0 Å². The highest BCUT2D eigenvalue weighted by atomic mass is 79.9. The summed E-state index contributed by atoms with van der Waals surface area (Å²) in [5.41, 5.74) is 0.970. The van der Waals surface area contributed by atoms with Crippen molar-refractivity contribution in [1.29, 1.82) is 0 Å². The minimum Gasteiger partial charge on any atom is -0.289 e. The van der Waals surface area contributed by atoms with Gasteiger partial charge in [0, 0.05) is 17.7 Å². The van der Waals surface area contributed by atoms with E-state index in [1.54, 1.807) is 18.1 Å². The molecule has 3 rings (SSSR count). The van der Waals surface area contributed by atoms with E-state index in [0.717, 1.165) is 10.0 Å². The summed E-state index contributed by atoms with van der Waals surface area (Å²) in [6.07, 6.45) is 3.55. The third kappa shape index (κ3) is 3.28. The minimum atomic E-state index is -0.0559. The number of hydrogen-bond donors (Lipinski definition) is 0. The van der Waals surface area contributed by atoms with E-state index in [2.05, 4.69) is 25.9 Å². The fourth-order valence-corrected chi connectivity index (χ4v) is 3.31. The lowest BCUT2D eigenvalue weighted by Gasteiger charge is -2.06. The number of amides is 1. The second kappa shape index (κ2) is 6.46. The summed E-state index contributed by atoms with van der Waals surface area (Å²) in [4.78, 5) is 23.1. The largest absolute Gasteiger partial charge is 0.289 e. The number of aliphatic imine (C=N–C) groups is 1. The Morgan fingerprint density at radius 2 is 2.14 bits per heavy atom. The molecule has 0 radical (unpaired) electrons. The molecule has 0 aliphatic carbocycles. The predicted molar refractivity (Wildman–Crippen MR) is 93.8 cm³/mol. The first-order valence-corrected chi connectivity index (χ1v) is 8.17. The van der Waals surface area contributed by atoms with E-state index >= 15 is 0 Å². The maximum Gasteiger partial charge on any atom is 0.266 e. The second-order valence-electron chi connectivity index (χ2n) is 4.61. The number of benzene rings is 1. The van der Waals surface area contributed by atoms with Crippen molar-refractivity contribution in [1.82, 2.24) is 9.88 Å². The molecule has 2 aromatic rings. The summed E-state index contributed by atoms with van der Waals surface area (Å²) < 4.78 is 0.980. The first-order chi connectivity index (χ1) is 10.6. The number of amidine groups is 1. The molecule has 1 fully saturated rings. The van der Waals surface area contributed by atoms with Crippen molar-refractivity contribution in [3.05, 3.63) is 63.6 Å². The van der Waals surface area contributed by atoms with Crippen LogP contribution in [0.4, 0.5) is 5.82 Å². The number of halogens is 1. The van der Waals surface area contributed by atoms with E-state index in [4.69, 9.17) is 0 Å². The van der Waals surface area contributed by atoms with Crippen molar-refractivity contribution in [3.63, 3.8) is 0 Å². The van der Waals surface area contributed by atoms with Crippen molar-refractivity contribution < 1.29 is 4.79 Å². The van der Waals surface area contributed by atoms with Crippen LogP contribution in [-0.2, 0) is 4.79 Å². The SMILES string of the molecule is CN1C(=O)/C(=C/c2cccc(Br)c2)S/C1=N/c1ccccn1. The number of hydrogen-bond acceptors (Lipinski definition) is 4. The van der Waals surface area contributed by atoms with Crippen LogP contribution >= 0.6 is 27.7 Å². The highest BCUT2D eigenvalue weighted by Crippen LogP contribution is 2.32. The van der Waals surface area contributed by atoms with Gasteiger partial charge in [-0.3, -0.25) is 9.69 Å². The van der Waals surface area contributed by atoms with Crippen molar-refractivity contribution in [2.24, 2.45) is 4.99 Å². The monoisotopic (exact) mass is 373 g/mol. The second-order valence-corrected chi connectivity index (χ2v) is 6.54. The van der Waals surface area contributed by atoms with Gasteiger partial charge >= 0.3 is 0 Å². The zero-order valence-electron chi connectivity index (χ0n) is 11.7. The van der Waals surface area contributed by atoms with E-state index in [1.807, 2.05) is 48.5 Å². The predicted octanol–water partition coefficient (Wildman–Crippen LogP) is 4.08. The van der Waals surface area contributed by atoms with Crippen molar-refractivity contribution in [2.75, 3.05) is 7.05 Å². The molecule has 0 spiro atoms. The number of nitrogens with zero attached hydrogens (tertiary/aromatic N) is 3. The van der Waals surface area contributed by atoms with Crippen molar-refractivity contribution in [2.45, 2.75) is 0 Å². The molecule has 1 aromatic carbocycles. The van der Waals surface area contributed by atoms with Gasteiger partial charge in [-0.2, -0.15) is 0 Å². The van der Waals surface area contributed by atoms with Gasteiger partial charge in [0.1, 0.15) is 0 Å². The zero-order valence-corrected chi connectivity index (χ0v) is 14.1. The van der Waals surface area contributed by atoms with Gasteiger partial charge in [0.2, 0.25) is 0 Å². The molecule has 22 heavy (non-hydrogen) atoms. The summed E-state index contributed by atoms with van der Waals surface area (Å²) in [5.74, 6) is 0.535. The summed E-state index contributed by atoms with van der Waals surface area (Å²) in [7, 11) is 1.72. The molecule has 0 bridgehead atoms. The smallest absolute Gasteiger partial charge is 0.266 e. The average molecular weight is 374 g/mol. The van der Waals surface area contributed by atoms with Crippen LogP contribution < -0.4 is 0 Å². The molecule has 0 saturated carbocycles. The molecular formula is C16H12BrN3OS. The number of aromatic nitrogens is 1. The molecule has 6 heteroatoms. The number of thioether (sulfide) groups is 1. The van der Waals surface area contributed by atoms with Gasteiger partial charge in [0.25, 0.3) is 5.91 Å². The first kappa shape index (κ1) is 15.0. The number of likely N-dealkylation sites (N-methyl/N-ethyl adjacent to an activating group) is 1. The standard InChI is InChI=1S/C16H12BrN3OS/c1-20-15(21)13(10-11-5-4-6-12(17)9-11)22-16(20)19-14-7-2-3-8-18-14/h2-10H,1H3/b13-10-,19-16+. The van der Waals surface area contributed by atoms with Gasteiger partial charge in [-0.05, 0) is 47.7 Å². The van der Waals surface area contributed by atoms with E-state index in [-0.39, 0.29) is 5.91 Å². The Kier molecular flexibility index (Phi) is 4.40. The fraction of sp³-hybridized carbons (Fsp3) is 0.0625. The quantitative estimate of drug-likeness (QED) is 0.745. The number of pyridine rings is 1. The highest BCUT2D eigenvalue weighted by Gasteiger charge is 2.30. The van der Waals surface area contributed by atoms with E-state index in [1.165, 1.54) is 11.8 Å². The summed E-state index contributed by atoms with van der Waals surface area (Å²) in [5, 5.41) is 0.630. The summed E-state index contributed by atoms with van der Waals surface area (Å²) in [6, 6.07) is 13.3. The third-order valence-electron chi connectivity index (χ3n) is 3.01. The lowest BCUT2D eigenvalue weighted by molar-refractivity contribution is -0.121. The third-order valence-corrected chi connectivity index (χ3v) is 4.56. The maximum absolute atomic E-state index is 12.3. The molecule has 0 atom stereocenters. The zero-order chi connectivity index (χ0) is 15.5. The Morgan fingerprint density at radius 1 is 1.27 bits per heavy atom. The van der Waals surface area contributed by atoms with Crippen LogP contribution in [0.2, 0.25) is 0 Å². The summed E-state index contributed by atoms with van der Waals surface area (Å²) in [6.45, 7) is 0. The first-order valence-electron chi connectivity index (χ1n) is 6.56. The Morgan fingerprint density at radius 3 is 2.86 bits per heavy atom. The Labute approximate surface area is 141 Å². The molecule has 2 heterocycles. The van der Waals surface area contributed by atoms with Crippen LogP contribution in [0.1, 0.15) is 5.56 Å². The van der Waals surface area contributed by atoms with Crippen LogP contribution in [0.5, 0.6) is 0 Å². The van der Waals surface area contributed by atoms with E-state index in [9.17, 15) is 4.79 Å². The molecule has 1 amide bonds. The number of carbonyl (C=O) groups is 1. The molecule has 0 N–H and O–H groups in total. The van der Waals surface area contributed by atoms with Gasteiger partial charge in [0.05, 0.1) is 4.91 Å². The van der Waals surface area contributed by atoms with Crippen LogP contribution in [-0.4, -0.2) is 28.0 Å². The lowest BCUT2D eigenvalue weighted by atomic mass is 10.2. The maximum atomic E-state index is 12.3. The molecule has 1 aliphatic rings. The van der Waals surface area contributed by atoms with Gasteiger partial charge in [-0.25, -0.2) is 9.98 Å². The molecule has 0 unspecified atom stereocenters. The topological polar surface area (TPSA) is 45.6 Å². The van der Waals surface area contributed by atoms with Gasteiger partial charge < -0.3 is 0 Å². The summed E-state index contributed by atoms with van der Waals surface area (Å²) >= 11 is 4.79. The van der Waals surface area contributed by atoms with Gasteiger partial charge in [0.15, 0.2) is 11.0 Å². The van der Waals surface area contributed by atoms with E-state index < -0.39 is 0 Å². The fourth-order valence-electron chi connectivity index (χ4n) is 1.92. The Hall–Kier alpha value is -1.92. The molecule has 1 aromatic heterocycles. The van der Waals surface area contributed by atoms with Crippen LogP contribution in [0, 0.1) is 0 Å². The molecule has 1 saturated heterocycles. The van der Waals surface area contributed by atoms with Crippen molar-refractivity contribution >= 4 is 50.7 Å². The van der Waals surface area contributed by atoms with Crippen molar-refractivity contribution in [3.8, 4) is 0 Å².